The Kier molecular flexibility index (Phi) is 3.01. The Morgan fingerprint density at radius 2 is 2.42 bits per heavy atom. The Labute approximate surface area is 76.5 Å². The van der Waals surface area contributed by atoms with E-state index < -0.39 is 5.97 Å². The Morgan fingerprint density at radius 3 is 2.83 bits per heavy atom. The predicted molar refractivity (Wildman–Crippen MR) is 48.3 cm³/mol. The van der Waals surface area contributed by atoms with Crippen molar-refractivity contribution in [3.63, 3.8) is 0 Å². The smallest absolute Gasteiger partial charge is 0.303 e. The van der Waals surface area contributed by atoms with Crippen molar-refractivity contribution in [3.05, 3.63) is 0 Å². The molecule has 3 nitrogen and oxygen atoms in total. The van der Waals surface area contributed by atoms with E-state index in [1.54, 1.807) is 11.8 Å². The van der Waals surface area contributed by atoms with Crippen molar-refractivity contribution in [3.8, 4) is 0 Å². The summed E-state index contributed by atoms with van der Waals surface area (Å²) >= 11 is 1.74. The zero-order valence-corrected chi connectivity index (χ0v) is 8.19. The van der Waals surface area contributed by atoms with Crippen LogP contribution in [0.1, 0.15) is 26.7 Å². The highest BCUT2D eigenvalue weighted by Crippen LogP contribution is 2.36. The van der Waals surface area contributed by atoms with Crippen molar-refractivity contribution < 1.29 is 14.6 Å². The topological polar surface area (TPSA) is 46.5 Å². The van der Waals surface area contributed by atoms with Crippen LogP contribution in [-0.2, 0) is 9.53 Å². The van der Waals surface area contributed by atoms with E-state index in [0.717, 1.165) is 5.75 Å². The summed E-state index contributed by atoms with van der Waals surface area (Å²) in [5.41, 5.74) is 0. The molecule has 1 atom stereocenters. The lowest BCUT2D eigenvalue weighted by Crippen LogP contribution is -2.19. The summed E-state index contributed by atoms with van der Waals surface area (Å²) in [6.07, 6.45) is 0.966. The molecule has 1 fully saturated rings. The summed E-state index contributed by atoms with van der Waals surface area (Å²) in [6.45, 7) is 4.02. The first kappa shape index (κ1) is 9.86. The quantitative estimate of drug-likeness (QED) is 0.736. The highest BCUT2D eigenvalue weighted by molar-refractivity contribution is 8.00. The van der Waals surface area contributed by atoms with E-state index in [1.165, 1.54) is 0 Å². The van der Waals surface area contributed by atoms with Crippen molar-refractivity contribution >= 4 is 17.7 Å². The highest BCUT2D eigenvalue weighted by Gasteiger charge is 2.32. The van der Waals surface area contributed by atoms with Gasteiger partial charge in [-0.2, -0.15) is 0 Å². The van der Waals surface area contributed by atoms with E-state index >= 15 is 0 Å². The van der Waals surface area contributed by atoms with Crippen LogP contribution >= 0.6 is 11.8 Å². The Morgan fingerprint density at radius 1 is 1.75 bits per heavy atom. The minimum Gasteiger partial charge on any atom is -0.481 e. The fraction of sp³-hybridized carbons (Fsp3) is 0.875. The van der Waals surface area contributed by atoms with Crippen LogP contribution in [0.15, 0.2) is 0 Å². The van der Waals surface area contributed by atoms with E-state index in [4.69, 9.17) is 9.84 Å². The van der Waals surface area contributed by atoms with Crippen LogP contribution in [0.25, 0.3) is 0 Å². The molecule has 1 unspecified atom stereocenters. The molecule has 1 N–H and O–H groups in total. The monoisotopic (exact) mass is 190 g/mol. The lowest BCUT2D eigenvalue weighted by atomic mass is 10.2. The normalized spacial score (nSPS) is 27.3. The first-order valence-corrected chi connectivity index (χ1v) is 5.02. The van der Waals surface area contributed by atoms with E-state index in [0.29, 0.717) is 6.42 Å². The number of carboxylic acids is 1. The van der Waals surface area contributed by atoms with Gasteiger partial charge in [0.15, 0.2) is 0 Å². The lowest BCUT2D eigenvalue weighted by Gasteiger charge is -2.17. The van der Waals surface area contributed by atoms with E-state index in [-0.39, 0.29) is 17.5 Å². The van der Waals surface area contributed by atoms with Crippen LogP contribution in [0.4, 0.5) is 0 Å². The van der Waals surface area contributed by atoms with Crippen molar-refractivity contribution in [2.45, 2.75) is 37.7 Å². The molecule has 0 radical (unpaired) electrons. The van der Waals surface area contributed by atoms with Crippen LogP contribution in [-0.4, -0.2) is 27.9 Å². The van der Waals surface area contributed by atoms with Gasteiger partial charge in [-0.15, -0.1) is 11.8 Å². The maximum atomic E-state index is 10.3. The molecule has 0 bridgehead atoms. The Hall–Kier alpha value is -0.220. The van der Waals surface area contributed by atoms with E-state index in [9.17, 15) is 4.79 Å². The van der Waals surface area contributed by atoms with Gasteiger partial charge in [0, 0.05) is 12.2 Å². The van der Waals surface area contributed by atoms with Crippen LogP contribution in [0, 0.1) is 0 Å². The van der Waals surface area contributed by atoms with Crippen LogP contribution in [0.3, 0.4) is 0 Å². The molecule has 0 amide bonds. The number of rotatable bonds is 3. The van der Waals surface area contributed by atoms with Crippen LogP contribution in [0.2, 0.25) is 0 Å². The molecule has 1 saturated heterocycles. The molecule has 1 rings (SSSR count). The molecule has 4 heteroatoms. The van der Waals surface area contributed by atoms with Gasteiger partial charge in [0.05, 0.1) is 6.10 Å². The maximum Gasteiger partial charge on any atom is 0.303 e. The summed E-state index contributed by atoms with van der Waals surface area (Å²) in [4.78, 5) is 10.1. The number of ether oxygens (including phenoxy) is 1. The zero-order chi connectivity index (χ0) is 9.19. The second kappa shape index (κ2) is 3.66. The third-order valence-electron chi connectivity index (χ3n) is 1.75. The predicted octanol–water partition coefficient (Wildman–Crippen LogP) is 1.72. The largest absolute Gasteiger partial charge is 0.481 e. The van der Waals surface area contributed by atoms with Gasteiger partial charge < -0.3 is 9.84 Å². The maximum absolute atomic E-state index is 10.3. The van der Waals surface area contributed by atoms with E-state index in [2.05, 4.69) is 0 Å². The number of thioether (sulfide) groups is 1. The van der Waals surface area contributed by atoms with Gasteiger partial charge >= 0.3 is 5.97 Å². The van der Waals surface area contributed by atoms with Gasteiger partial charge in [-0.3, -0.25) is 4.79 Å². The molecule has 0 aromatic heterocycles. The van der Waals surface area contributed by atoms with Gasteiger partial charge in [-0.05, 0) is 20.3 Å². The molecule has 1 aliphatic rings. The molecule has 70 valence electrons. The molecular weight excluding hydrogens is 176 g/mol. The van der Waals surface area contributed by atoms with E-state index in [1.807, 2.05) is 13.8 Å². The summed E-state index contributed by atoms with van der Waals surface area (Å²) in [5.74, 6) is 0.175. The molecule has 1 aliphatic heterocycles. The first-order valence-electron chi connectivity index (χ1n) is 4.03. The third-order valence-corrected chi connectivity index (χ3v) is 3.08. The van der Waals surface area contributed by atoms with Gasteiger partial charge in [-0.25, -0.2) is 0 Å². The number of hydrogen-bond donors (Lipinski definition) is 1. The standard InChI is InChI=1S/C8H14O3S/c1-8(2)11-6(5-12-8)3-4-7(9)10/h6H,3-5H2,1-2H3,(H,9,10). The molecule has 0 aromatic rings. The first-order chi connectivity index (χ1) is 5.49. The molecule has 12 heavy (non-hydrogen) atoms. The summed E-state index contributed by atoms with van der Waals surface area (Å²) in [5, 5.41) is 8.44. The van der Waals surface area contributed by atoms with Gasteiger partial charge in [0.1, 0.15) is 4.93 Å². The van der Waals surface area contributed by atoms with Crippen LogP contribution in [0.5, 0.6) is 0 Å². The summed E-state index contributed by atoms with van der Waals surface area (Å²) in [6, 6.07) is 0. The molecular formula is C8H14O3S. The van der Waals surface area contributed by atoms with Crippen molar-refractivity contribution in [1.82, 2.24) is 0 Å². The molecule has 1 heterocycles. The van der Waals surface area contributed by atoms with Gasteiger partial charge in [0.25, 0.3) is 0 Å². The van der Waals surface area contributed by atoms with Gasteiger partial charge in [0.2, 0.25) is 0 Å². The zero-order valence-electron chi connectivity index (χ0n) is 7.37. The second-order valence-corrected chi connectivity index (χ2v) is 4.99. The average molecular weight is 190 g/mol. The van der Waals surface area contributed by atoms with Crippen molar-refractivity contribution in [2.24, 2.45) is 0 Å². The van der Waals surface area contributed by atoms with Crippen LogP contribution < -0.4 is 0 Å². The molecule has 0 aromatic carbocycles. The minimum atomic E-state index is -0.742. The number of hydrogen-bond acceptors (Lipinski definition) is 3. The van der Waals surface area contributed by atoms with Crippen molar-refractivity contribution in [2.75, 3.05) is 5.75 Å². The average Bonchev–Trinajstić information content (AvgIpc) is 2.26. The SMILES string of the molecule is CC1(C)OC(CCC(=O)O)CS1. The second-order valence-electron chi connectivity index (χ2n) is 3.38. The van der Waals surface area contributed by atoms with Gasteiger partial charge in [-0.1, -0.05) is 0 Å². The summed E-state index contributed by atoms with van der Waals surface area (Å²) in [7, 11) is 0. The molecule has 0 saturated carbocycles. The highest BCUT2D eigenvalue weighted by atomic mass is 32.2. The fourth-order valence-corrected chi connectivity index (χ4v) is 2.22. The number of carboxylic acid groups (broad SMARTS) is 1. The number of carbonyl (C=O) groups is 1. The molecule has 0 spiro atoms. The Bertz CT molecular complexity index is 179. The Balaban J connectivity index is 2.24. The fourth-order valence-electron chi connectivity index (χ4n) is 1.19. The van der Waals surface area contributed by atoms with Crippen molar-refractivity contribution in [1.29, 1.82) is 0 Å². The minimum absolute atomic E-state index is 0.122. The summed E-state index contributed by atoms with van der Waals surface area (Å²) < 4.78 is 5.60. The lowest BCUT2D eigenvalue weighted by molar-refractivity contribution is -0.137. The third kappa shape index (κ3) is 3.03. The number of aliphatic carboxylic acids is 1. The molecule has 0 aliphatic carbocycles.